The molecule has 21 heavy (non-hydrogen) atoms. The van der Waals surface area contributed by atoms with E-state index in [1.54, 1.807) is 6.07 Å². The zero-order valence-electron chi connectivity index (χ0n) is 13.0. The van der Waals surface area contributed by atoms with Crippen molar-refractivity contribution < 1.29 is 42.5 Å². The minimum atomic E-state index is -4.45. The van der Waals surface area contributed by atoms with E-state index in [9.17, 15) is 13.0 Å². The number of hydrogen-bond donors (Lipinski definition) is 0. The van der Waals surface area contributed by atoms with E-state index >= 15 is 0 Å². The van der Waals surface area contributed by atoms with Gasteiger partial charge in [-0.25, -0.2) is 8.42 Å². The summed E-state index contributed by atoms with van der Waals surface area (Å²) in [6.07, 6.45) is 1.68. The molecular formula is C16H19NaO3S. The predicted molar refractivity (Wildman–Crippen MR) is 79.1 cm³/mol. The molecule has 3 nitrogen and oxygen atoms in total. The molecular weight excluding hydrogens is 295 g/mol. The first-order valence-electron chi connectivity index (χ1n) is 6.86. The molecule has 0 spiro atoms. The van der Waals surface area contributed by atoms with Crippen molar-refractivity contribution in [3.05, 3.63) is 41.5 Å². The van der Waals surface area contributed by atoms with Crippen LogP contribution < -0.4 is 29.6 Å². The molecule has 0 saturated carbocycles. The van der Waals surface area contributed by atoms with Crippen LogP contribution in [0.3, 0.4) is 0 Å². The molecule has 0 amide bonds. The van der Waals surface area contributed by atoms with Crippen molar-refractivity contribution >= 4 is 10.1 Å². The molecule has 0 saturated heterocycles. The van der Waals surface area contributed by atoms with Crippen LogP contribution in [-0.4, -0.2) is 13.0 Å². The first kappa shape index (κ1) is 18.7. The predicted octanol–water partition coefficient (Wildman–Crippen LogP) is 0.775. The maximum Gasteiger partial charge on any atom is 1.00 e. The van der Waals surface area contributed by atoms with Crippen LogP contribution in [0.2, 0.25) is 0 Å². The Hall–Kier alpha value is -0.390. The van der Waals surface area contributed by atoms with Crippen LogP contribution in [0.5, 0.6) is 0 Å². The molecule has 0 aromatic carbocycles. The van der Waals surface area contributed by atoms with Crippen molar-refractivity contribution in [3.8, 4) is 11.1 Å². The molecule has 0 heterocycles. The van der Waals surface area contributed by atoms with E-state index in [0.717, 1.165) is 29.5 Å². The van der Waals surface area contributed by atoms with Gasteiger partial charge in [-0.1, -0.05) is 45.4 Å². The van der Waals surface area contributed by atoms with Crippen LogP contribution >= 0.6 is 0 Å². The quantitative estimate of drug-likeness (QED) is 0.619. The van der Waals surface area contributed by atoms with Crippen molar-refractivity contribution in [1.82, 2.24) is 0 Å². The van der Waals surface area contributed by atoms with Gasteiger partial charge in [0.1, 0.15) is 10.1 Å². The van der Waals surface area contributed by atoms with Crippen LogP contribution in [0.4, 0.5) is 0 Å². The summed E-state index contributed by atoms with van der Waals surface area (Å²) in [5.74, 6) is 0.275. The van der Waals surface area contributed by atoms with E-state index in [4.69, 9.17) is 0 Å². The molecule has 0 unspecified atom stereocenters. The van der Waals surface area contributed by atoms with E-state index in [2.05, 4.69) is 0 Å². The number of hydrogen-bond acceptors (Lipinski definition) is 3. The van der Waals surface area contributed by atoms with Gasteiger partial charge in [0.15, 0.2) is 0 Å². The second kappa shape index (κ2) is 7.25. The minimum Gasteiger partial charge on any atom is -0.744 e. The summed E-state index contributed by atoms with van der Waals surface area (Å²) in [5, 5.41) is 0. The molecule has 2 aliphatic rings. The first-order valence-corrected chi connectivity index (χ1v) is 8.27. The third-order valence-corrected chi connectivity index (χ3v) is 4.40. The zero-order chi connectivity index (χ0) is 14.9. The summed E-state index contributed by atoms with van der Waals surface area (Å²) in [7, 11) is -4.45. The van der Waals surface area contributed by atoms with E-state index < -0.39 is 10.1 Å². The van der Waals surface area contributed by atoms with Crippen molar-refractivity contribution in [2.75, 3.05) is 0 Å². The number of rotatable bonds is 4. The van der Waals surface area contributed by atoms with Gasteiger partial charge < -0.3 is 4.55 Å². The molecule has 2 rings (SSSR count). The standard InChI is InChI=1S/C16H20O3S.Na/c1-4-6-13-10-16(20(17,18)19)15-9-12(11(2)3)7-5-8-14(13)15;/h5,7-11H,4,6H2,1-3H3,(H,17,18,19);/q;+1/p-1. The molecule has 5 heteroatoms. The van der Waals surface area contributed by atoms with Gasteiger partial charge in [0.2, 0.25) is 0 Å². The monoisotopic (exact) mass is 314 g/mol. The normalized spacial score (nSPS) is 11.7. The average molecular weight is 314 g/mol. The van der Waals surface area contributed by atoms with Gasteiger partial charge >= 0.3 is 29.6 Å². The van der Waals surface area contributed by atoms with Gasteiger partial charge in [-0.05, 0) is 46.7 Å². The van der Waals surface area contributed by atoms with Gasteiger partial charge in [0.05, 0.1) is 4.90 Å². The molecule has 0 bridgehead atoms. The van der Waals surface area contributed by atoms with Gasteiger partial charge in [0, 0.05) is 0 Å². The topological polar surface area (TPSA) is 57.2 Å². The Bertz CT molecular complexity index is 693. The van der Waals surface area contributed by atoms with E-state index in [1.807, 2.05) is 45.0 Å². The molecule has 2 aliphatic carbocycles. The Balaban J connectivity index is 0.00000220. The Morgan fingerprint density at radius 3 is 2.33 bits per heavy atom. The van der Waals surface area contributed by atoms with Crippen molar-refractivity contribution in [2.45, 2.75) is 44.4 Å². The molecule has 0 aromatic rings. The van der Waals surface area contributed by atoms with E-state index in [0.29, 0.717) is 5.56 Å². The fraction of sp³-hybridized carbons (Fsp3) is 0.375. The number of aryl methyl sites for hydroxylation is 1. The number of fused-ring (bicyclic) bond motifs is 1. The largest absolute Gasteiger partial charge is 1.00 e. The Morgan fingerprint density at radius 2 is 1.81 bits per heavy atom. The third kappa shape index (κ3) is 4.08. The summed E-state index contributed by atoms with van der Waals surface area (Å²) in [5.41, 5.74) is 3.38. The van der Waals surface area contributed by atoms with E-state index in [-0.39, 0.29) is 40.4 Å². The first-order chi connectivity index (χ1) is 9.34. The van der Waals surface area contributed by atoms with E-state index in [1.165, 1.54) is 0 Å². The molecule has 0 aliphatic heterocycles. The van der Waals surface area contributed by atoms with Crippen molar-refractivity contribution in [3.63, 3.8) is 0 Å². The summed E-state index contributed by atoms with van der Waals surface area (Å²) < 4.78 is 34.5. The average Bonchev–Trinajstić information content (AvgIpc) is 2.56. The molecule has 0 fully saturated rings. The Labute approximate surface area is 149 Å². The van der Waals surface area contributed by atoms with Crippen LogP contribution in [0.1, 0.15) is 44.2 Å². The fourth-order valence-corrected chi connectivity index (χ4v) is 3.20. The SMILES string of the molecule is CCCc1cc(S(=O)(=O)[O-])c2cc(C(C)C)cccc1-2.[Na+]. The summed E-state index contributed by atoms with van der Waals surface area (Å²) in [4.78, 5) is -0.0888. The molecule has 0 N–H and O–H groups in total. The van der Waals surface area contributed by atoms with Crippen molar-refractivity contribution in [1.29, 1.82) is 0 Å². The van der Waals surface area contributed by atoms with Gasteiger partial charge in [-0.15, -0.1) is 0 Å². The third-order valence-electron chi connectivity index (χ3n) is 3.52. The summed E-state index contributed by atoms with van der Waals surface area (Å²) in [6.45, 7) is 6.12. The second-order valence-corrected chi connectivity index (χ2v) is 6.74. The smallest absolute Gasteiger partial charge is 0.744 e. The maximum atomic E-state index is 11.5. The van der Waals surface area contributed by atoms with Crippen molar-refractivity contribution in [2.24, 2.45) is 0 Å². The summed E-state index contributed by atoms with van der Waals surface area (Å²) >= 11 is 0. The van der Waals surface area contributed by atoms with Gasteiger partial charge in [-0.2, -0.15) is 0 Å². The molecule has 0 atom stereocenters. The van der Waals surface area contributed by atoms with Gasteiger partial charge in [0.25, 0.3) is 0 Å². The van der Waals surface area contributed by atoms with Crippen LogP contribution in [-0.2, 0) is 16.5 Å². The van der Waals surface area contributed by atoms with Crippen LogP contribution in [0.15, 0.2) is 35.2 Å². The van der Waals surface area contributed by atoms with Gasteiger partial charge in [-0.3, -0.25) is 0 Å². The minimum absolute atomic E-state index is 0. The Kier molecular flexibility index (Phi) is 6.44. The fourth-order valence-electron chi connectivity index (χ4n) is 2.48. The Morgan fingerprint density at radius 1 is 1.14 bits per heavy atom. The molecule has 0 radical (unpaired) electrons. The molecule has 0 aromatic heterocycles. The second-order valence-electron chi connectivity index (χ2n) is 5.39. The zero-order valence-corrected chi connectivity index (χ0v) is 15.8. The summed E-state index contributed by atoms with van der Waals surface area (Å²) in [6, 6.07) is 9.19. The maximum absolute atomic E-state index is 11.5. The van der Waals surface area contributed by atoms with Crippen LogP contribution in [0.25, 0.3) is 11.1 Å². The molecule has 108 valence electrons. The van der Waals surface area contributed by atoms with Crippen LogP contribution in [0, 0.1) is 0 Å².